The van der Waals surface area contributed by atoms with Gasteiger partial charge in [-0.05, 0) is 31.5 Å². The number of nitrogens with zero attached hydrogens (tertiary/aromatic N) is 2. The van der Waals surface area contributed by atoms with E-state index in [0.29, 0.717) is 5.56 Å². The van der Waals surface area contributed by atoms with E-state index in [4.69, 9.17) is 11.6 Å². The third-order valence-corrected chi connectivity index (χ3v) is 3.43. The minimum absolute atomic E-state index is 0.0585. The lowest BCUT2D eigenvalue weighted by molar-refractivity contribution is 0.0708. The molecule has 4 nitrogen and oxygen atoms in total. The van der Waals surface area contributed by atoms with Crippen molar-refractivity contribution in [2.75, 3.05) is 20.1 Å². The van der Waals surface area contributed by atoms with E-state index in [0.717, 1.165) is 25.9 Å². The summed E-state index contributed by atoms with van der Waals surface area (Å²) in [6.07, 6.45) is 3.72. The third-order valence-electron chi connectivity index (χ3n) is 3.13. The van der Waals surface area contributed by atoms with E-state index in [1.165, 1.54) is 0 Å². The van der Waals surface area contributed by atoms with Gasteiger partial charge in [0.1, 0.15) is 5.15 Å². The van der Waals surface area contributed by atoms with Gasteiger partial charge in [-0.15, -0.1) is 0 Å². The van der Waals surface area contributed by atoms with E-state index in [9.17, 15) is 4.79 Å². The van der Waals surface area contributed by atoms with Gasteiger partial charge in [-0.3, -0.25) is 4.79 Å². The number of hydrogen-bond donors (Lipinski definition) is 1. The molecule has 0 radical (unpaired) electrons. The summed E-state index contributed by atoms with van der Waals surface area (Å²) in [7, 11) is 1.82. The highest BCUT2D eigenvalue weighted by atomic mass is 35.5. The maximum Gasteiger partial charge on any atom is 0.257 e. The molecule has 1 atom stereocenters. The number of piperidine rings is 1. The molecule has 92 valence electrons. The molecule has 1 aliphatic rings. The fourth-order valence-electron chi connectivity index (χ4n) is 2.07. The second kappa shape index (κ2) is 5.47. The van der Waals surface area contributed by atoms with Crippen LogP contribution in [0.1, 0.15) is 23.2 Å². The lowest BCUT2D eigenvalue weighted by atomic mass is 10.1. The molecule has 0 unspecified atom stereocenters. The molecule has 1 aromatic heterocycles. The average molecular weight is 254 g/mol. The number of carbonyl (C=O) groups excluding carboxylic acids is 1. The second-order valence-electron chi connectivity index (χ2n) is 4.26. The first-order chi connectivity index (χ1) is 8.20. The number of halogens is 1. The monoisotopic (exact) mass is 253 g/mol. The van der Waals surface area contributed by atoms with Crippen LogP contribution in [0.15, 0.2) is 18.3 Å². The number of aromatic nitrogens is 1. The number of amides is 1. The van der Waals surface area contributed by atoms with Gasteiger partial charge < -0.3 is 10.2 Å². The Hall–Kier alpha value is -1.13. The summed E-state index contributed by atoms with van der Waals surface area (Å²) in [5.74, 6) is -0.0585. The molecule has 17 heavy (non-hydrogen) atoms. The molecule has 0 spiro atoms. The van der Waals surface area contributed by atoms with Gasteiger partial charge in [-0.2, -0.15) is 0 Å². The van der Waals surface area contributed by atoms with Crippen LogP contribution in [-0.4, -0.2) is 42.0 Å². The van der Waals surface area contributed by atoms with Crippen molar-refractivity contribution in [2.24, 2.45) is 0 Å². The van der Waals surface area contributed by atoms with Crippen LogP contribution in [-0.2, 0) is 0 Å². The van der Waals surface area contributed by atoms with Crippen molar-refractivity contribution in [2.45, 2.75) is 18.9 Å². The Morgan fingerprint density at radius 1 is 1.65 bits per heavy atom. The van der Waals surface area contributed by atoms with E-state index in [2.05, 4.69) is 10.3 Å². The first kappa shape index (κ1) is 12.3. The molecule has 0 saturated carbocycles. The zero-order valence-corrected chi connectivity index (χ0v) is 10.6. The number of pyridine rings is 1. The van der Waals surface area contributed by atoms with Crippen molar-refractivity contribution in [3.05, 3.63) is 29.0 Å². The highest BCUT2D eigenvalue weighted by Gasteiger charge is 2.24. The molecule has 0 bridgehead atoms. The van der Waals surface area contributed by atoms with Crippen LogP contribution in [0.25, 0.3) is 0 Å². The summed E-state index contributed by atoms with van der Waals surface area (Å²) in [6, 6.07) is 3.68. The molecule has 0 aliphatic carbocycles. The Balaban J connectivity index is 2.11. The van der Waals surface area contributed by atoms with Gasteiger partial charge >= 0.3 is 0 Å². The van der Waals surface area contributed by atoms with E-state index >= 15 is 0 Å². The SMILES string of the molecule is CN(C(=O)c1cccnc1Cl)[C@@H]1CCCNC1. The zero-order chi connectivity index (χ0) is 12.3. The zero-order valence-electron chi connectivity index (χ0n) is 9.82. The van der Waals surface area contributed by atoms with E-state index in [-0.39, 0.29) is 17.1 Å². The van der Waals surface area contributed by atoms with Gasteiger partial charge in [0.05, 0.1) is 5.56 Å². The van der Waals surface area contributed by atoms with Crippen LogP contribution in [0.5, 0.6) is 0 Å². The summed E-state index contributed by atoms with van der Waals surface area (Å²) in [5.41, 5.74) is 0.474. The Labute approximate surface area is 106 Å². The average Bonchev–Trinajstić information content (AvgIpc) is 2.39. The fourth-order valence-corrected chi connectivity index (χ4v) is 2.27. The van der Waals surface area contributed by atoms with E-state index in [1.54, 1.807) is 23.2 Å². The van der Waals surface area contributed by atoms with Crippen LogP contribution >= 0.6 is 11.6 Å². The summed E-state index contributed by atoms with van der Waals surface area (Å²) in [5, 5.41) is 3.57. The highest BCUT2D eigenvalue weighted by molar-refractivity contribution is 6.32. The number of rotatable bonds is 2. The van der Waals surface area contributed by atoms with Gasteiger partial charge in [0.2, 0.25) is 0 Å². The van der Waals surface area contributed by atoms with Crippen LogP contribution < -0.4 is 5.32 Å². The van der Waals surface area contributed by atoms with Crippen molar-refractivity contribution in [1.29, 1.82) is 0 Å². The maximum absolute atomic E-state index is 12.2. The highest BCUT2D eigenvalue weighted by Crippen LogP contribution is 2.17. The van der Waals surface area contributed by atoms with Gasteiger partial charge in [0.25, 0.3) is 5.91 Å². The number of likely N-dealkylation sites (N-methyl/N-ethyl adjacent to an activating group) is 1. The van der Waals surface area contributed by atoms with Crippen molar-refractivity contribution >= 4 is 17.5 Å². The minimum atomic E-state index is -0.0585. The van der Waals surface area contributed by atoms with Gasteiger partial charge in [-0.1, -0.05) is 11.6 Å². The Bertz CT molecular complexity index is 404. The Morgan fingerprint density at radius 2 is 2.47 bits per heavy atom. The smallest absolute Gasteiger partial charge is 0.257 e. The second-order valence-corrected chi connectivity index (χ2v) is 4.62. The number of carbonyl (C=O) groups is 1. The molecular formula is C12H16ClN3O. The minimum Gasteiger partial charge on any atom is -0.337 e. The van der Waals surface area contributed by atoms with Crippen molar-refractivity contribution in [3.63, 3.8) is 0 Å². The molecule has 2 heterocycles. The first-order valence-corrected chi connectivity index (χ1v) is 6.16. The molecule has 0 aromatic carbocycles. The lowest BCUT2D eigenvalue weighted by Gasteiger charge is -2.31. The molecule has 1 saturated heterocycles. The lowest BCUT2D eigenvalue weighted by Crippen LogP contribution is -2.46. The first-order valence-electron chi connectivity index (χ1n) is 5.78. The topological polar surface area (TPSA) is 45.2 Å². The van der Waals surface area contributed by atoms with Crippen LogP contribution in [0.2, 0.25) is 5.15 Å². The van der Waals surface area contributed by atoms with Crippen molar-refractivity contribution in [1.82, 2.24) is 15.2 Å². The van der Waals surface area contributed by atoms with E-state index < -0.39 is 0 Å². The molecule has 5 heteroatoms. The summed E-state index contributed by atoms with van der Waals surface area (Å²) in [6.45, 7) is 1.88. The normalized spacial score (nSPS) is 20.0. The number of nitrogens with one attached hydrogen (secondary N) is 1. The van der Waals surface area contributed by atoms with Crippen molar-refractivity contribution in [3.8, 4) is 0 Å². The van der Waals surface area contributed by atoms with Gasteiger partial charge in [0, 0.05) is 25.8 Å². The van der Waals surface area contributed by atoms with Gasteiger partial charge in [-0.25, -0.2) is 4.98 Å². The Kier molecular flexibility index (Phi) is 3.97. The summed E-state index contributed by atoms with van der Waals surface area (Å²) < 4.78 is 0. The molecule has 1 amide bonds. The van der Waals surface area contributed by atoms with Crippen LogP contribution in [0.4, 0.5) is 0 Å². The number of hydrogen-bond acceptors (Lipinski definition) is 3. The largest absolute Gasteiger partial charge is 0.337 e. The third kappa shape index (κ3) is 2.76. The van der Waals surface area contributed by atoms with Crippen molar-refractivity contribution < 1.29 is 4.79 Å². The van der Waals surface area contributed by atoms with Crippen LogP contribution in [0.3, 0.4) is 0 Å². The van der Waals surface area contributed by atoms with Crippen LogP contribution in [0, 0.1) is 0 Å². The maximum atomic E-state index is 12.2. The molecule has 1 N–H and O–H groups in total. The molecule has 1 fully saturated rings. The predicted octanol–water partition coefficient (Wildman–Crippen LogP) is 1.56. The predicted molar refractivity (Wildman–Crippen MR) is 67.2 cm³/mol. The summed E-state index contributed by atoms with van der Waals surface area (Å²) in [4.78, 5) is 17.9. The molecule has 2 rings (SSSR count). The fraction of sp³-hybridized carbons (Fsp3) is 0.500. The van der Waals surface area contributed by atoms with E-state index in [1.807, 2.05) is 7.05 Å². The molecular weight excluding hydrogens is 238 g/mol. The standard InChI is InChI=1S/C12H16ClN3O/c1-16(9-4-2-6-14-8-9)12(17)10-5-3-7-15-11(10)13/h3,5,7,9,14H,2,4,6,8H2,1H3/t9-/m1/s1. The van der Waals surface area contributed by atoms with Gasteiger partial charge in [0.15, 0.2) is 0 Å². The summed E-state index contributed by atoms with van der Waals surface area (Å²) >= 11 is 5.93. The Morgan fingerprint density at radius 3 is 3.12 bits per heavy atom. The molecule has 1 aliphatic heterocycles. The quantitative estimate of drug-likeness (QED) is 0.814. The molecule has 1 aromatic rings.